The molecule has 0 fully saturated rings. The van der Waals surface area contributed by atoms with E-state index in [-0.39, 0.29) is 5.78 Å². The van der Waals surface area contributed by atoms with Gasteiger partial charge < -0.3 is 10.6 Å². The van der Waals surface area contributed by atoms with Crippen molar-refractivity contribution in [3.63, 3.8) is 0 Å². The average Bonchev–Trinajstić information content (AvgIpc) is 2.74. The van der Waals surface area contributed by atoms with Crippen molar-refractivity contribution in [3.05, 3.63) is 108 Å². The number of carbonyl (C=O) groups is 1. The van der Waals surface area contributed by atoms with Crippen molar-refractivity contribution in [2.24, 2.45) is 0 Å². The largest absolute Gasteiger partial charge is 0.332 e. The summed E-state index contributed by atoms with van der Waals surface area (Å²) in [6, 6.07) is 30.8. The number of ketones is 1. The van der Waals surface area contributed by atoms with Crippen LogP contribution in [0, 0.1) is 0 Å². The molecule has 136 valence electrons. The molecule has 0 aliphatic heterocycles. The van der Waals surface area contributed by atoms with Gasteiger partial charge >= 0.3 is 0 Å². The second-order valence-electron chi connectivity index (χ2n) is 6.35. The highest BCUT2D eigenvalue weighted by atomic mass is 32.1. The van der Waals surface area contributed by atoms with Crippen LogP contribution in [-0.4, -0.2) is 10.9 Å². The molecular weight excluding hydrogens is 364 g/mol. The van der Waals surface area contributed by atoms with Crippen LogP contribution in [0.4, 0.5) is 11.4 Å². The molecule has 0 aliphatic carbocycles. The molecule has 0 saturated heterocycles. The number of benzene rings is 4. The number of hydrogen-bond donors (Lipinski definition) is 2. The summed E-state index contributed by atoms with van der Waals surface area (Å²) in [5.74, 6) is -0.0448. The highest BCUT2D eigenvalue weighted by Crippen LogP contribution is 2.24. The minimum atomic E-state index is -0.0448. The van der Waals surface area contributed by atoms with Crippen LogP contribution >= 0.6 is 12.2 Å². The summed E-state index contributed by atoms with van der Waals surface area (Å²) in [6.45, 7) is 0. The highest BCUT2D eigenvalue weighted by molar-refractivity contribution is 7.80. The molecule has 0 bridgehead atoms. The van der Waals surface area contributed by atoms with Gasteiger partial charge in [-0.3, -0.25) is 4.79 Å². The zero-order chi connectivity index (χ0) is 19.3. The fraction of sp³-hybridized carbons (Fsp3) is 0. The second kappa shape index (κ2) is 8.03. The molecule has 0 saturated carbocycles. The summed E-state index contributed by atoms with van der Waals surface area (Å²) < 4.78 is 0. The van der Waals surface area contributed by atoms with Crippen molar-refractivity contribution in [2.45, 2.75) is 0 Å². The molecule has 0 aromatic heterocycles. The van der Waals surface area contributed by atoms with Gasteiger partial charge in [0.2, 0.25) is 0 Å². The summed E-state index contributed by atoms with van der Waals surface area (Å²) in [6.07, 6.45) is 0. The maximum atomic E-state index is 12.9. The Labute approximate surface area is 169 Å². The van der Waals surface area contributed by atoms with Crippen molar-refractivity contribution >= 4 is 45.3 Å². The second-order valence-corrected chi connectivity index (χ2v) is 6.75. The van der Waals surface area contributed by atoms with Gasteiger partial charge in [0.1, 0.15) is 0 Å². The fourth-order valence-electron chi connectivity index (χ4n) is 3.15. The van der Waals surface area contributed by atoms with E-state index in [0.717, 1.165) is 16.5 Å². The molecule has 4 heteroatoms. The summed E-state index contributed by atoms with van der Waals surface area (Å²) in [5, 5.41) is 9.08. The van der Waals surface area contributed by atoms with Crippen LogP contribution < -0.4 is 10.6 Å². The van der Waals surface area contributed by atoms with Gasteiger partial charge in [0.15, 0.2) is 10.9 Å². The Balaban J connectivity index is 1.58. The van der Waals surface area contributed by atoms with Crippen LogP contribution in [-0.2, 0) is 0 Å². The van der Waals surface area contributed by atoms with Crippen LogP contribution in [0.1, 0.15) is 15.9 Å². The Morgan fingerprint density at radius 3 is 2.11 bits per heavy atom. The lowest BCUT2D eigenvalue weighted by Gasteiger charge is -2.15. The van der Waals surface area contributed by atoms with Crippen LogP contribution in [0.2, 0.25) is 0 Å². The van der Waals surface area contributed by atoms with E-state index in [1.54, 1.807) is 6.07 Å². The topological polar surface area (TPSA) is 41.1 Å². The van der Waals surface area contributed by atoms with Crippen molar-refractivity contribution in [1.29, 1.82) is 0 Å². The van der Waals surface area contributed by atoms with Gasteiger partial charge in [0.25, 0.3) is 0 Å². The fourth-order valence-corrected chi connectivity index (χ4v) is 3.37. The van der Waals surface area contributed by atoms with Gasteiger partial charge in [0.05, 0.1) is 5.69 Å². The smallest absolute Gasteiger partial charge is 0.195 e. The Morgan fingerprint density at radius 2 is 1.25 bits per heavy atom. The molecule has 0 unspecified atom stereocenters. The van der Waals surface area contributed by atoms with Crippen molar-refractivity contribution in [2.75, 3.05) is 10.6 Å². The zero-order valence-electron chi connectivity index (χ0n) is 15.1. The van der Waals surface area contributed by atoms with E-state index in [1.165, 1.54) is 0 Å². The number of para-hydroxylation sites is 1. The van der Waals surface area contributed by atoms with Gasteiger partial charge in [-0.1, -0.05) is 78.9 Å². The molecule has 3 nitrogen and oxygen atoms in total. The summed E-state index contributed by atoms with van der Waals surface area (Å²) in [7, 11) is 0. The molecular formula is C24H18N2OS. The van der Waals surface area contributed by atoms with Gasteiger partial charge in [-0.2, -0.15) is 0 Å². The van der Waals surface area contributed by atoms with E-state index in [0.29, 0.717) is 21.9 Å². The predicted molar refractivity (Wildman–Crippen MR) is 120 cm³/mol. The van der Waals surface area contributed by atoms with E-state index >= 15 is 0 Å². The maximum Gasteiger partial charge on any atom is 0.195 e. The number of hydrogen-bond acceptors (Lipinski definition) is 2. The Bertz CT molecular complexity index is 1150. The molecule has 4 aromatic rings. The van der Waals surface area contributed by atoms with E-state index in [2.05, 4.69) is 22.8 Å². The highest BCUT2D eigenvalue weighted by Gasteiger charge is 2.14. The van der Waals surface area contributed by atoms with Gasteiger partial charge in [-0.15, -0.1) is 0 Å². The maximum absolute atomic E-state index is 12.9. The summed E-state index contributed by atoms with van der Waals surface area (Å²) in [4.78, 5) is 12.9. The molecule has 0 aliphatic rings. The molecule has 2 N–H and O–H groups in total. The van der Waals surface area contributed by atoms with Crippen molar-refractivity contribution in [1.82, 2.24) is 0 Å². The normalized spacial score (nSPS) is 10.4. The molecule has 0 spiro atoms. The minimum Gasteiger partial charge on any atom is -0.332 e. The van der Waals surface area contributed by atoms with E-state index in [9.17, 15) is 4.79 Å². The van der Waals surface area contributed by atoms with Gasteiger partial charge in [-0.05, 0) is 35.8 Å². The first kappa shape index (κ1) is 17.9. The Morgan fingerprint density at radius 1 is 0.643 bits per heavy atom. The Hall–Kier alpha value is -3.50. The number of thiocarbonyl (C=S) groups is 1. The predicted octanol–water partition coefficient (Wildman–Crippen LogP) is 5.88. The van der Waals surface area contributed by atoms with E-state index in [1.807, 2.05) is 78.9 Å². The molecule has 4 aromatic carbocycles. The summed E-state index contributed by atoms with van der Waals surface area (Å²) in [5.41, 5.74) is 2.82. The first-order valence-electron chi connectivity index (χ1n) is 8.97. The molecule has 28 heavy (non-hydrogen) atoms. The first-order chi connectivity index (χ1) is 13.7. The lowest BCUT2D eigenvalue weighted by molar-refractivity contribution is 0.103. The molecule has 4 rings (SSSR count). The number of nitrogens with one attached hydrogen (secondary N) is 2. The van der Waals surface area contributed by atoms with Crippen molar-refractivity contribution in [3.8, 4) is 0 Å². The standard InChI is InChI=1S/C24H18N2OS/c27-23(18-10-2-1-3-11-18)20-14-6-7-15-22(20)26-24(28)25-21-16-8-12-17-9-4-5-13-19(17)21/h1-16H,(H2,25,26,28). The van der Waals surface area contributed by atoms with E-state index in [4.69, 9.17) is 12.2 Å². The van der Waals surface area contributed by atoms with Crippen LogP contribution in [0.5, 0.6) is 0 Å². The zero-order valence-corrected chi connectivity index (χ0v) is 15.9. The number of fused-ring (bicyclic) bond motifs is 1. The molecule has 0 radical (unpaired) electrons. The summed E-state index contributed by atoms with van der Waals surface area (Å²) >= 11 is 5.51. The lowest BCUT2D eigenvalue weighted by atomic mass is 10.0. The Kier molecular flexibility index (Phi) is 5.13. The first-order valence-corrected chi connectivity index (χ1v) is 9.38. The van der Waals surface area contributed by atoms with Crippen LogP contribution in [0.3, 0.4) is 0 Å². The third-order valence-corrected chi connectivity index (χ3v) is 4.70. The molecule has 0 heterocycles. The van der Waals surface area contributed by atoms with Gasteiger partial charge in [0, 0.05) is 22.2 Å². The van der Waals surface area contributed by atoms with Crippen LogP contribution in [0.15, 0.2) is 97.1 Å². The minimum absolute atomic E-state index is 0.0448. The quantitative estimate of drug-likeness (QED) is 0.342. The van der Waals surface area contributed by atoms with Gasteiger partial charge in [-0.25, -0.2) is 0 Å². The lowest BCUT2D eigenvalue weighted by Crippen LogP contribution is -2.21. The molecule has 0 amide bonds. The number of rotatable bonds is 4. The van der Waals surface area contributed by atoms with Crippen LogP contribution in [0.25, 0.3) is 10.8 Å². The monoisotopic (exact) mass is 382 g/mol. The molecule has 0 atom stereocenters. The number of anilines is 2. The SMILES string of the molecule is O=C(c1ccccc1)c1ccccc1NC(=S)Nc1cccc2ccccc12. The van der Waals surface area contributed by atoms with Crippen molar-refractivity contribution < 1.29 is 4.79 Å². The average molecular weight is 382 g/mol. The number of carbonyl (C=O) groups excluding carboxylic acids is 1. The van der Waals surface area contributed by atoms with E-state index < -0.39 is 0 Å². The third-order valence-electron chi connectivity index (χ3n) is 4.49. The third kappa shape index (κ3) is 3.77.